The summed E-state index contributed by atoms with van der Waals surface area (Å²) in [5.74, 6) is -0.432. The Balaban J connectivity index is 1.99. The van der Waals surface area contributed by atoms with Crippen molar-refractivity contribution in [3.63, 3.8) is 0 Å². The van der Waals surface area contributed by atoms with Gasteiger partial charge in [0, 0.05) is 19.3 Å². The quantitative estimate of drug-likeness (QED) is 0.808. The highest BCUT2D eigenvalue weighted by Crippen LogP contribution is 2.23. The molecule has 1 N–H and O–H groups in total. The summed E-state index contributed by atoms with van der Waals surface area (Å²) in [6.45, 7) is 2.77. The van der Waals surface area contributed by atoms with E-state index in [1.807, 2.05) is 0 Å². The van der Waals surface area contributed by atoms with Crippen molar-refractivity contribution in [1.29, 1.82) is 0 Å². The first-order valence-electron chi connectivity index (χ1n) is 6.21. The summed E-state index contributed by atoms with van der Waals surface area (Å²) in [6, 6.07) is 0. The molecular formula is C11H17N3O4S. The second kappa shape index (κ2) is 5.70. The van der Waals surface area contributed by atoms with Crippen molar-refractivity contribution in [2.75, 3.05) is 19.7 Å². The maximum absolute atomic E-state index is 12.2. The molecule has 0 amide bonds. The molecule has 0 saturated carbocycles. The topological polar surface area (TPSA) is 92.4 Å². The van der Waals surface area contributed by atoms with Crippen molar-refractivity contribution in [1.82, 2.24) is 14.5 Å². The fourth-order valence-electron chi connectivity index (χ4n) is 2.12. The molecule has 1 aromatic heterocycles. The van der Waals surface area contributed by atoms with Crippen LogP contribution in [0.4, 0.5) is 0 Å². The third-order valence-electron chi connectivity index (χ3n) is 3.18. The van der Waals surface area contributed by atoms with E-state index in [0.717, 1.165) is 0 Å². The minimum Gasteiger partial charge on any atom is -0.466 e. The van der Waals surface area contributed by atoms with E-state index in [9.17, 15) is 13.2 Å². The molecule has 0 unspecified atom stereocenters. The highest BCUT2D eigenvalue weighted by atomic mass is 32.2. The van der Waals surface area contributed by atoms with Crippen LogP contribution in [-0.4, -0.2) is 48.6 Å². The molecule has 2 rings (SSSR count). The molecule has 8 heteroatoms. The molecule has 0 spiro atoms. The predicted molar refractivity (Wildman–Crippen MR) is 66.7 cm³/mol. The zero-order chi connectivity index (χ0) is 13.9. The van der Waals surface area contributed by atoms with Crippen LogP contribution in [-0.2, 0) is 19.6 Å². The van der Waals surface area contributed by atoms with Gasteiger partial charge in [0.1, 0.15) is 4.90 Å². The van der Waals surface area contributed by atoms with Gasteiger partial charge in [0.05, 0.1) is 18.7 Å². The summed E-state index contributed by atoms with van der Waals surface area (Å²) in [7, 11) is -3.49. The van der Waals surface area contributed by atoms with Crippen molar-refractivity contribution in [2.45, 2.75) is 24.7 Å². The minimum atomic E-state index is -3.49. The summed E-state index contributed by atoms with van der Waals surface area (Å²) in [6.07, 6.45) is 3.63. The fourth-order valence-corrected chi connectivity index (χ4v) is 3.50. The minimum absolute atomic E-state index is 0.155. The molecular weight excluding hydrogens is 270 g/mol. The average molecular weight is 287 g/mol. The number of carbonyl (C=O) groups is 1. The van der Waals surface area contributed by atoms with Crippen LogP contribution in [0, 0.1) is 5.92 Å². The number of piperidine rings is 1. The van der Waals surface area contributed by atoms with E-state index >= 15 is 0 Å². The number of esters is 1. The smallest absolute Gasteiger partial charge is 0.309 e. The Morgan fingerprint density at radius 3 is 2.74 bits per heavy atom. The molecule has 1 fully saturated rings. The molecule has 0 aromatic carbocycles. The molecule has 0 radical (unpaired) electrons. The molecule has 1 aromatic rings. The first kappa shape index (κ1) is 14.0. The Morgan fingerprint density at radius 1 is 1.53 bits per heavy atom. The first-order chi connectivity index (χ1) is 9.05. The fraction of sp³-hybridized carbons (Fsp3) is 0.636. The molecule has 1 saturated heterocycles. The van der Waals surface area contributed by atoms with Crippen LogP contribution in [0.5, 0.6) is 0 Å². The van der Waals surface area contributed by atoms with Crippen LogP contribution in [0.3, 0.4) is 0 Å². The summed E-state index contributed by atoms with van der Waals surface area (Å²) < 4.78 is 30.7. The standard InChI is InChI=1S/C11H17N3O4S/c1-2-18-11(15)9-3-5-14(6-4-9)19(16,17)10-7-12-13-8-10/h7-9H,2-6H2,1H3,(H,12,13). The van der Waals surface area contributed by atoms with Gasteiger partial charge >= 0.3 is 5.97 Å². The number of aromatic amines is 1. The molecule has 0 aliphatic carbocycles. The molecule has 0 atom stereocenters. The van der Waals surface area contributed by atoms with Gasteiger partial charge in [0.2, 0.25) is 10.0 Å². The van der Waals surface area contributed by atoms with Gasteiger partial charge in [0.25, 0.3) is 0 Å². The number of hydrogen-bond donors (Lipinski definition) is 1. The number of nitrogens with one attached hydrogen (secondary N) is 1. The maximum Gasteiger partial charge on any atom is 0.309 e. The van der Waals surface area contributed by atoms with Crippen LogP contribution >= 0.6 is 0 Å². The van der Waals surface area contributed by atoms with E-state index in [2.05, 4.69) is 10.2 Å². The Bertz CT molecular complexity index is 518. The van der Waals surface area contributed by atoms with Crippen LogP contribution in [0.1, 0.15) is 19.8 Å². The number of H-pyrrole nitrogens is 1. The summed E-state index contributed by atoms with van der Waals surface area (Å²) in [5.41, 5.74) is 0. The van der Waals surface area contributed by atoms with Gasteiger partial charge in [-0.05, 0) is 19.8 Å². The number of nitrogens with zero attached hydrogens (tertiary/aromatic N) is 2. The largest absolute Gasteiger partial charge is 0.466 e. The van der Waals surface area contributed by atoms with E-state index in [1.165, 1.54) is 16.7 Å². The van der Waals surface area contributed by atoms with Gasteiger partial charge in [-0.15, -0.1) is 0 Å². The van der Waals surface area contributed by atoms with Crippen LogP contribution in [0.2, 0.25) is 0 Å². The molecule has 106 valence electrons. The lowest BCUT2D eigenvalue weighted by Gasteiger charge is -2.29. The van der Waals surface area contributed by atoms with E-state index in [-0.39, 0.29) is 16.8 Å². The van der Waals surface area contributed by atoms with Gasteiger partial charge in [-0.1, -0.05) is 0 Å². The van der Waals surface area contributed by atoms with Gasteiger partial charge in [0.15, 0.2) is 0 Å². The van der Waals surface area contributed by atoms with Crippen molar-refractivity contribution in [3.05, 3.63) is 12.4 Å². The predicted octanol–water partition coefficient (Wildman–Crippen LogP) is 0.373. The molecule has 1 aliphatic heterocycles. The first-order valence-corrected chi connectivity index (χ1v) is 7.65. The number of aromatic nitrogens is 2. The molecule has 2 heterocycles. The van der Waals surface area contributed by atoms with Gasteiger partial charge in [-0.25, -0.2) is 8.42 Å². The van der Waals surface area contributed by atoms with Gasteiger partial charge in [-0.3, -0.25) is 9.89 Å². The average Bonchev–Trinajstić information content (AvgIpc) is 2.94. The Kier molecular flexibility index (Phi) is 4.20. The summed E-state index contributed by atoms with van der Waals surface area (Å²) >= 11 is 0. The second-order valence-corrected chi connectivity index (χ2v) is 6.30. The highest BCUT2D eigenvalue weighted by Gasteiger charge is 2.32. The zero-order valence-electron chi connectivity index (χ0n) is 10.7. The normalized spacial score (nSPS) is 18.4. The van der Waals surface area contributed by atoms with Crippen molar-refractivity contribution in [2.24, 2.45) is 5.92 Å². The van der Waals surface area contributed by atoms with Crippen molar-refractivity contribution in [3.8, 4) is 0 Å². The Hall–Kier alpha value is -1.41. The molecule has 19 heavy (non-hydrogen) atoms. The molecule has 7 nitrogen and oxygen atoms in total. The van der Waals surface area contributed by atoms with Crippen molar-refractivity contribution < 1.29 is 17.9 Å². The lowest BCUT2D eigenvalue weighted by atomic mass is 9.98. The van der Waals surface area contributed by atoms with E-state index in [1.54, 1.807) is 6.92 Å². The molecule has 1 aliphatic rings. The van der Waals surface area contributed by atoms with Crippen molar-refractivity contribution >= 4 is 16.0 Å². The van der Waals surface area contributed by atoms with Gasteiger partial charge in [-0.2, -0.15) is 9.40 Å². The summed E-state index contributed by atoms with van der Waals surface area (Å²) in [4.78, 5) is 11.7. The third-order valence-corrected chi connectivity index (χ3v) is 5.05. The maximum atomic E-state index is 12.2. The zero-order valence-corrected chi connectivity index (χ0v) is 11.5. The lowest BCUT2D eigenvalue weighted by molar-refractivity contribution is -0.149. The van der Waals surface area contributed by atoms with E-state index in [0.29, 0.717) is 32.5 Å². The number of ether oxygens (including phenoxy) is 1. The lowest BCUT2D eigenvalue weighted by Crippen LogP contribution is -2.40. The van der Waals surface area contributed by atoms with E-state index in [4.69, 9.17) is 4.74 Å². The van der Waals surface area contributed by atoms with Crippen LogP contribution in [0.15, 0.2) is 17.3 Å². The summed E-state index contributed by atoms with van der Waals surface area (Å²) in [5, 5.41) is 6.13. The number of rotatable bonds is 4. The SMILES string of the molecule is CCOC(=O)C1CCN(S(=O)(=O)c2cn[nH]c2)CC1. The Labute approximate surface area is 112 Å². The van der Waals surface area contributed by atoms with Crippen LogP contribution in [0.25, 0.3) is 0 Å². The Morgan fingerprint density at radius 2 is 2.21 bits per heavy atom. The highest BCUT2D eigenvalue weighted by molar-refractivity contribution is 7.89. The monoisotopic (exact) mass is 287 g/mol. The molecule has 0 bridgehead atoms. The number of sulfonamides is 1. The third kappa shape index (κ3) is 2.95. The van der Waals surface area contributed by atoms with Crippen LogP contribution < -0.4 is 0 Å². The second-order valence-electron chi connectivity index (χ2n) is 4.36. The van der Waals surface area contributed by atoms with Gasteiger partial charge < -0.3 is 4.74 Å². The van der Waals surface area contributed by atoms with E-state index < -0.39 is 10.0 Å². The number of hydrogen-bond acceptors (Lipinski definition) is 5. The number of carbonyl (C=O) groups excluding carboxylic acids is 1.